The lowest BCUT2D eigenvalue weighted by Crippen LogP contribution is -2.45. The van der Waals surface area contributed by atoms with Crippen molar-refractivity contribution in [2.45, 2.75) is 6.17 Å². The molecule has 0 saturated heterocycles. The normalized spacial score (nSPS) is 10.0. The Hall–Kier alpha value is -1.26. The fourth-order valence-corrected chi connectivity index (χ4v) is 0.774. The van der Waals surface area contributed by atoms with Gasteiger partial charge in [0.05, 0.1) is 6.17 Å². The van der Waals surface area contributed by atoms with Gasteiger partial charge in [-0.2, -0.15) is 0 Å². The van der Waals surface area contributed by atoms with E-state index in [1.54, 1.807) is 0 Å². The number of carbonyl (C=O) groups excluding carboxylic acids is 2. The first-order chi connectivity index (χ1) is 5.54. The molecule has 4 N–H and O–H groups in total. The number of nitrogens with two attached hydrogens (primary N) is 2. The zero-order chi connectivity index (χ0) is 9.72. The van der Waals surface area contributed by atoms with Crippen LogP contribution in [0.2, 0.25) is 0 Å². The molecule has 0 heterocycles. The van der Waals surface area contributed by atoms with Crippen LogP contribution in [0.1, 0.15) is 0 Å². The minimum absolute atomic E-state index is 0.477. The Bertz CT molecular complexity index is 201. The van der Waals surface area contributed by atoms with Crippen molar-refractivity contribution in [3.63, 3.8) is 0 Å². The van der Waals surface area contributed by atoms with E-state index in [4.69, 9.17) is 11.5 Å². The van der Waals surface area contributed by atoms with Crippen molar-refractivity contribution in [2.75, 3.05) is 0 Å². The molecule has 0 rings (SSSR count). The molecule has 0 saturated carbocycles. The molecule has 0 aliphatic rings. The van der Waals surface area contributed by atoms with Gasteiger partial charge in [-0.25, -0.2) is 0 Å². The summed E-state index contributed by atoms with van der Waals surface area (Å²) in [5.41, 5.74) is 10.5. The summed E-state index contributed by atoms with van der Waals surface area (Å²) in [6.07, 6.45) is 1.05. The van der Waals surface area contributed by atoms with Gasteiger partial charge in [-0.05, 0) is 12.2 Å². The Kier molecular flexibility index (Phi) is 4.10. The molecule has 0 aromatic heterocycles. The molecule has 0 aliphatic heterocycles. The van der Waals surface area contributed by atoms with Crippen molar-refractivity contribution in [1.29, 1.82) is 0 Å². The molecule has 66 valence electrons. The van der Waals surface area contributed by atoms with Gasteiger partial charge < -0.3 is 11.5 Å². The maximum atomic E-state index is 11.0. The fraction of sp³-hybridized carbons (Fsp3) is 0.250. The van der Waals surface area contributed by atoms with Crippen molar-refractivity contribution in [1.82, 2.24) is 0 Å². The first-order valence-electron chi connectivity index (χ1n) is 3.38. The number of allylic oxidation sites excluding steroid dienone is 2. The maximum Gasteiger partial charge on any atom is 0.168 e. The van der Waals surface area contributed by atoms with E-state index in [-0.39, 0.29) is 0 Å². The minimum atomic E-state index is -1.04. The van der Waals surface area contributed by atoms with Crippen molar-refractivity contribution in [3.05, 3.63) is 25.3 Å². The van der Waals surface area contributed by atoms with Gasteiger partial charge in [0, 0.05) is 0 Å². The Morgan fingerprint density at radius 3 is 1.58 bits per heavy atom. The Morgan fingerprint density at radius 1 is 1.08 bits per heavy atom. The Morgan fingerprint density at radius 2 is 1.42 bits per heavy atom. The molecule has 4 nitrogen and oxygen atoms in total. The lowest BCUT2D eigenvalue weighted by Gasteiger charge is -2.13. The predicted molar refractivity (Wildman–Crippen MR) is 46.1 cm³/mol. The number of ketones is 2. The zero-order valence-corrected chi connectivity index (χ0v) is 6.69. The summed E-state index contributed by atoms with van der Waals surface area (Å²) in [6.45, 7) is 6.47. The molecule has 0 aromatic carbocycles. The van der Waals surface area contributed by atoms with E-state index < -0.39 is 23.7 Å². The van der Waals surface area contributed by atoms with Gasteiger partial charge in [0.25, 0.3) is 0 Å². The van der Waals surface area contributed by atoms with E-state index in [2.05, 4.69) is 13.2 Å². The Labute approximate surface area is 70.9 Å². The highest BCUT2D eigenvalue weighted by Crippen LogP contribution is 2.03. The van der Waals surface area contributed by atoms with Crippen LogP contribution in [-0.4, -0.2) is 17.7 Å². The highest BCUT2D eigenvalue weighted by atomic mass is 16.1. The molecule has 0 unspecified atom stereocenters. The van der Waals surface area contributed by atoms with Crippen LogP contribution in [0, 0.1) is 5.92 Å². The summed E-state index contributed by atoms with van der Waals surface area (Å²) < 4.78 is 0. The first kappa shape index (κ1) is 10.7. The second-order valence-electron chi connectivity index (χ2n) is 2.27. The van der Waals surface area contributed by atoms with E-state index in [0.29, 0.717) is 0 Å². The van der Waals surface area contributed by atoms with Crippen LogP contribution < -0.4 is 11.5 Å². The van der Waals surface area contributed by atoms with E-state index in [9.17, 15) is 9.59 Å². The summed E-state index contributed by atoms with van der Waals surface area (Å²) in [5, 5.41) is 0. The van der Waals surface area contributed by atoms with Gasteiger partial charge in [0.1, 0.15) is 5.92 Å². The average molecular weight is 168 g/mol. The summed E-state index contributed by atoms with van der Waals surface area (Å²) >= 11 is 0. The molecule has 0 aromatic rings. The molecule has 0 atom stereocenters. The SMILES string of the molecule is C=CC(=O)C(C(=O)C=C)C(N)N. The quantitative estimate of drug-likeness (QED) is 0.324. The van der Waals surface area contributed by atoms with E-state index in [0.717, 1.165) is 12.2 Å². The van der Waals surface area contributed by atoms with Gasteiger partial charge in [0.15, 0.2) is 11.6 Å². The van der Waals surface area contributed by atoms with Gasteiger partial charge in [-0.15, -0.1) is 0 Å². The third-order valence-electron chi connectivity index (χ3n) is 1.40. The molecule has 0 spiro atoms. The molecule has 0 fully saturated rings. The topological polar surface area (TPSA) is 86.2 Å². The van der Waals surface area contributed by atoms with Crippen LogP contribution in [0.15, 0.2) is 25.3 Å². The molecular formula is C8H12N2O2. The number of hydrogen-bond donors (Lipinski definition) is 2. The first-order valence-corrected chi connectivity index (χ1v) is 3.38. The smallest absolute Gasteiger partial charge is 0.168 e. The van der Waals surface area contributed by atoms with Crippen LogP contribution in [0.25, 0.3) is 0 Å². The summed E-state index contributed by atoms with van der Waals surface area (Å²) in [4.78, 5) is 22.0. The highest BCUT2D eigenvalue weighted by Gasteiger charge is 2.26. The molecular weight excluding hydrogens is 156 g/mol. The molecule has 0 radical (unpaired) electrons. The number of rotatable bonds is 5. The highest BCUT2D eigenvalue weighted by molar-refractivity contribution is 6.11. The van der Waals surface area contributed by atoms with E-state index in [1.165, 1.54) is 0 Å². The second kappa shape index (κ2) is 4.58. The van der Waals surface area contributed by atoms with Crippen molar-refractivity contribution in [3.8, 4) is 0 Å². The third kappa shape index (κ3) is 2.41. The van der Waals surface area contributed by atoms with Gasteiger partial charge in [0.2, 0.25) is 0 Å². The third-order valence-corrected chi connectivity index (χ3v) is 1.40. The molecule has 0 aliphatic carbocycles. The average Bonchev–Trinajstić information content (AvgIpc) is 2.03. The summed E-state index contributed by atoms with van der Waals surface area (Å²) in [6, 6.07) is 0. The molecule has 4 heteroatoms. The Balaban J connectivity index is 4.65. The summed E-state index contributed by atoms with van der Waals surface area (Å²) in [7, 11) is 0. The van der Waals surface area contributed by atoms with Crippen LogP contribution >= 0.6 is 0 Å². The van der Waals surface area contributed by atoms with Crippen LogP contribution in [-0.2, 0) is 9.59 Å². The second-order valence-corrected chi connectivity index (χ2v) is 2.27. The maximum absolute atomic E-state index is 11.0. The standard InChI is InChI=1S/C8H12N2O2/c1-3-5(11)7(8(9)10)6(12)4-2/h3-4,7-8H,1-2,9-10H2. The lowest BCUT2D eigenvalue weighted by atomic mass is 9.96. The van der Waals surface area contributed by atoms with Crippen molar-refractivity contribution < 1.29 is 9.59 Å². The van der Waals surface area contributed by atoms with Crippen molar-refractivity contribution >= 4 is 11.6 Å². The van der Waals surface area contributed by atoms with Crippen molar-refractivity contribution in [2.24, 2.45) is 17.4 Å². The van der Waals surface area contributed by atoms with Crippen LogP contribution in [0.3, 0.4) is 0 Å². The van der Waals surface area contributed by atoms with Crippen LogP contribution in [0.4, 0.5) is 0 Å². The van der Waals surface area contributed by atoms with Gasteiger partial charge in [-0.3, -0.25) is 9.59 Å². The van der Waals surface area contributed by atoms with E-state index in [1.807, 2.05) is 0 Å². The van der Waals surface area contributed by atoms with Gasteiger partial charge >= 0.3 is 0 Å². The monoisotopic (exact) mass is 168 g/mol. The molecule has 0 bridgehead atoms. The van der Waals surface area contributed by atoms with E-state index >= 15 is 0 Å². The largest absolute Gasteiger partial charge is 0.315 e. The number of hydrogen-bond acceptors (Lipinski definition) is 4. The molecule has 12 heavy (non-hydrogen) atoms. The van der Waals surface area contributed by atoms with Gasteiger partial charge in [-0.1, -0.05) is 13.2 Å². The predicted octanol–water partition coefficient (Wildman–Crippen LogP) is -0.644. The van der Waals surface area contributed by atoms with Crippen LogP contribution in [0.5, 0.6) is 0 Å². The fourth-order valence-electron chi connectivity index (χ4n) is 0.774. The summed E-state index contributed by atoms with van der Waals surface area (Å²) in [5.74, 6) is -2.00. The number of carbonyl (C=O) groups is 2. The molecule has 0 amide bonds. The lowest BCUT2D eigenvalue weighted by molar-refractivity contribution is -0.128. The minimum Gasteiger partial charge on any atom is -0.315 e. The zero-order valence-electron chi connectivity index (χ0n) is 6.69.